The summed E-state index contributed by atoms with van der Waals surface area (Å²) < 4.78 is 0. The monoisotopic (exact) mass is 380 g/mol. The van der Waals surface area contributed by atoms with E-state index >= 15 is 0 Å². The standard InChI is InChI=1S/2C3H6O3.Hg/c2*4-2-1-3(5)6;/h2*4H,1-2H2,(H,5,6);/q;;+2/p-2. The zero-order valence-corrected chi connectivity index (χ0v) is 12.6. The molecule has 0 amide bonds. The molecule has 0 unspecified atom stereocenters. The molecule has 0 heterocycles. The van der Waals surface area contributed by atoms with Crippen LogP contribution in [0.15, 0.2) is 0 Å². The SMILES string of the molecule is O=C([O-])CCO.O=C([O-])CCO.[Hg+2]. The zero-order chi connectivity index (χ0) is 9.98. The van der Waals surface area contributed by atoms with Crippen LogP contribution in [0.3, 0.4) is 0 Å². The first-order chi connectivity index (χ1) is 5.54. The smallest absolute Gasteiger partial charge is 0.550 e. The summed E-state index contributed by atoms with van der Waals surface area (Å²) in [5, 5.41) is 34.3. The van der Waals surface area contributed by atoms with Crippen LogP contribution in [0.4, 0.5) is 0 Å². The van der Waals surface area contributed by atoms with E-state index in [0.717, 1.165) is 0 Å². The van der Waals surface area contributed by atoms with Gasteiger partial charge in [-0.05, 0) is 0 Å². The van der Waals surface area contributed by atoms with Crippen LogP contribution in [0.1, 0.15) is 12.8 Å². The minimum Gasteiger partial charge on any atom is -0.550 e. The van der Waals surface area contributed by atoms with Crippen molar-refractivity contribution in [3.63, 3.8) is 0 Å². The fraction of sp³-hybridized carbons (Fsp3) is 0.667. The van der Waals surface area contributed by atoms with Gasteiger partial charge in [0.1, 0.15) is 0 Å². The summed E-state index contributed by atoms with van der Waals surface area (Å²) in [6.07, 6.45) is -0.528. The summed E-state index contributed by atoms with van der Waals surface area (Å²) in [7, 11) is 0. The predicted molar refractivity (Wildman–Crippen MR) is 33.4 cm³/mol. The third kappa shape index (κ3) is 33.7. The fourth-order valence-corrected chi connectivity index (χ4v) is 0.183. The average molecular weight is 379 g/mol. The first kappa shape index (κ1) is 18.6. The number of carbonyl (C=O) groups is 2. The minimum absolute atomic E-state index is 0. The molecule has 7 heteroatoms. The molecule has 0 radical (unpaired) electrons. The van der Waals surface area contributed by atoms with E-state index in [0.29, 0.717) is 0 Å². The van der Waals surface area contributed by atoms with E-state index in [-0.39, 0.29) is 53.7 Å². The van der Waals surface area contributed by atoms with Gasteiger partial charge >= 0.3 is 27.7 Å². The van der Waals surface area contributed by atoms with Gasteiger partial charge in [-0.1, -0.05) is 0 Å². The van der Waals surface area contributed by atoms with Crippen LogP contribution < -0.4 is 10.2 Å². The second-order valence-corrected chi connectivity index (χ2v) is 1.69. The number of carboxylic acids is 2. The molecule has 0 aromatic heterocycles. The summed E-state index contributed by atoms with van der Waals surface area (Å²) in [6, 6.07) is 0. The van der Waals surface area contributed by atoms with Crippen molar-refractivity contribution in [3.8, 4) is 0 Å². The van der Waals surface area contributed by atoms with E-state index in [2.05, 4.69) is 0 Å². The molecule has 0 aliphatic rings. The molecule has 2 N–H and O–H groups in total. The number of rotatable bonds is 4. The number of aliphatic hydroxyl groups excluding tert-OH is 2. The van der Waals surface area contributed by atoms with Crippen LogP contribution in [-0.2, 0) is 37.3 Å². The van der Waals surface area contributed by atoms with Gasteiger partial charge in [0, 0.05) is 38.0 Å². The summed E-state index contributed by atoms with van der Waals surface area (Å²) in [6.45, 7) is -0.662. The predicted octanol–water partition coefficient (Wildman–Crippen LogP) is -3.77. The third-order valence-corrected chi connectivity index (χ3v) is 0.632. The van der Waals surface area contributed by atoms with Gasteiger partial charge in [-0.2, -0.15) is 0 Å². The molecule has 0 saturated heterocycles. The van der Waals surface area contributed by atoms with Crippen LogP contribution in [0.5, 0.6) is 0 Å². The van der Waals surface area contributed by atoms with E-state index in [9.17, 15) is 19.8 Å². The molecule has 0 fully saturated rings. The molecule has 0 atom stereocenters. The van der Waals surface area contributed by atoms with Gasteiger partial charge in [0.15, 0.2) is 0 Å². The molecule has 0 rings (SSSR count). The van der Waals surface area contributed by atoms with Gasteiger partial charge < -0.3 is 30.0 Å². The van der Waals surface area contributed by atoms with Crippen molar-refractivity contribution in [1.29, 1.82) is 0 Å². The maximum Gasteiger partial charge on any atom is 2.00 e. The van der Waals surface area contributed by atoms with Crippen molar-refractivity contribution in [2.75, 3.05) is 13.2 Å². The Kier molecular flexibility index (Phi) is 20.4. The summed E-state index contributed by atoms with van der Waals surface area (Å²) in [5.74, 6) is -2.42. The number of aliphatic carboxylic acids is 2. The topological polar surface area (TPSA) is 121 Å². The van der Waals surface area contributed by atoms with Crippen LogP contribution in [0.25, 0.3) is 0 Å². The van der Waals surface area contributed by atoms with Crippen molar-refractivity contribution in [3.05, 3.63) is 0 Å². The Morgan fingerprint density at radius 1 is 0.923 bits per heavy atom. The first-order valence-corrected chi connectivity index (χ1v) is 3.16. The van der Waals surface area contributed by atoms with Crippen molar-refractivity contribution in [2.45, 2.75) is 12.8 Å². The largest absolute Gasteiger partial charge is 2.00 e. The Morgan fingerprint density at radius 2 is 1.15 bits per heavy atom. The number of aliphatic hydroxyl groups is 2. The molecule has 0 aliphatic carbocycles. The van der Waals surface area contributed by atoms with E-state index in [1.165, 1.54) is 0 Å². The Bertz CT molecular complexity index is 121. The number of carboxylic acid groups (broad SMARTS) is 2. The molecule has 6 nitrogen and oxygen atoms in total. The van der Waals surface area contributed by atoms with Crippen LogP contribution in [-0.4, -0.2) is 35.4 Å². The Hall–Kier alpha value is -0.205. The van der Waals surface area contributed by atoms with Gasteiger partial charge in [0.25, 0.3) is 0 Å². The van der Waals surface area contributed by atoms with Crippen LogP contribution in [0.2, 0.25) is 0 Å². The van der Waals surface area contributed by atoms with Crippen molar-refractivity contribution in [2.24, 2.45) is 0 Å². The second kappa shape index (κ2) is 14.3. The quantitative estimate of drug-likeness (QED) is 0.485. The van der Waals surface area contributed by atoms with Crippen molar-refractivity contribution < 1.29 is 57.7 Å². The molecular formula is C6H10HgO6. The zero-order valence-electron chi connectivity index (χ0n) is 7.06. The second-order valence-electron chi connectivity index (χ2n) is 1.69. The third-order valence-electron chi connectivity index (χ3n) is 0.632. The van der Waals surface area contributed by atoms with Gasteiger partial charge in [-0.25, -0.2) is 0 Å². The van der Waals surface area contributed by atoms with Gasteiger partial charge in [-0.3, -0.25) is 0 Å². The average Bonchev–Trinajstić information content (AvgIpc) is 1.87. The van der Waals surface area contributed by atoms with Crippen molar-refractivity contribution >= 4 is 11.9 Å². The maximum atomic E-state index is 9.33. The van der Waals surface area contributed by atoms with Crippen molar-refractivity contribution in [1.82, 2.24) is 0 Å². The summed E-state index contributed by atoms with van der Waals surface area (Å²) in [5.41, 5.74) is 0. The number of hydrogen-bond acceptors (Lipinski definition) is 6. The maximum absolute atomic E-state index is 9.33. The minimum atomic E-state index is -1.21. The Labute approximate surface area is 95.7 Å². The van der Waals surface area contributed by atoms with Crippen LogP contribution in [0, 0.1) is 0 Å². The van der Waals surface area contributed by atoms with E-state index in [4.69, 9.17) is 10.2 Å². The number of hydrogen-bond donors (Lipinski definition) is 2. The first-order valence-electron chi connectivity index (χ1n) is 3.16. The molecular weight excluding hydrogens is 369 g/mol. The van der Waals surface area contributed by atoms with E-state index < -0.39 is 11.9 Å². The molecule has 0 aromatic rings. The van der Waals surface area contributed by atoms with Crippen LogP contribution >= 0.6 is 0 Å². The molecule has 72 valence electrons. The fourth-order valence-electron chi connectivity index (χ4n) is 0.183. The van der Waals surface area contributed by atoms with Gasteiger partial charge in [0.2, 0.25) is 0 Å². The molecule has 0 saturated carbocycles. The van der Waals surface area contributed by atoms with Gasteiger partial charge in [-0.15, -0.1) is 0 Å². The molecule has 0 aliphatic heterocycles. The number of carbonyl (C=O) groups excluding carboxylic acids is 2. The van der Waals surface area contributed by atoms with Gasteiger partial charge in [0.05, 0.1) is 0 Å². The Morgan fingerprint density at radius 3 is 1.15 bits per heavy atom. The van der Waals surface area contributed by atoms with E-state index in [1.54, 1.807) is 0 Å². The summed E-state index contributed by atoms with van der Waals surface area (Å²) >= 11 is 0. The Balaban J connectivity index is -0.000000143. The molecule has 13 heavy (non-hydrogen) atoms. The summed E-state index contributed by atoms with van der Waals surface area (Å²) in [4.78, 5) is 18.7. The molecule has 0 spiro atoms. The molecule has 0 aromatic carbocycles. The molecule has 0 bridgehead atoms. The normalized spacial score (nSPS) is 7.54. The van der Waals surface area contributed by atoms with E-state index in [1.807, 2.05) is 0 Å².